The molecule has 2 fully saturated rings. The predicted octanol–water partition coefficient (Wildman–Crippen LogP) is 2.33. The SMILES string of the molecule is CCOc1ccccc1CNC1CCCC1C1COCCN1. The molecule has 2 aliphatic rings. The fourth-order valence-electron chi connectivity index (χ4n) is 3.77. The van der Waals surface area contributed by atoms with Crippen molar-refractivity contribution < 1.29 is 9.47 Å². The van der Waals surface area contributed by atoms with Gasteiger partial charge in [-0.15, -0.1) is 0 Å². The van der Waals surface area contributed by atoms with Crippen molar-refractivity contribution in [2.75, 3.05) is 26.4 Å². The maximum atomic E-state index is 5.72. The summed E-state index contributed by atoms with van der Waals surface area (Å²) in [5, 5.41) is 7.40. The molecule has 22 heavy (non-hydrogen) atoms. The molecule has 0 spiro atoms. The van der Waals surface area contributed by atoms with Gasteiger partial charge in [0, 0.05) is 30.7 Å². The van der Waals surface area contributed by atoms with Crippen molar-refractivity contribution >= 4 is 0 Å². The molecule has 3 unspecified atom stereocenters. The summed E-state index contributed by atoms with van der Waals surface area (Å²) in [6.07, 6.45) is 3.87. The van der Waals surface area contributed by atoms with Crippen LogP contribution in [0, 0.1) is 5.92 Å². The van der Waals surface area contributed by atoms with E-state index in [-0.39, 0.29) is 0 Å². The highest BCUT2D eigenvalue weighted by Crippen LogP contribution is 2.30. The number of ether oxygens (including phenoxy) is 2. The van der Waals surface area contributed by atoms with Crippen molar-refractivity contribution in [1.29, 1.82) is 0 Å². The molecule has 1 aliphatic heterocycles. The fourth-order valence-corrected chi connectivity index (χ4v) is 3.77. The van der Waals surface area contributed by atoms with Crippen LogP contribution in [0.3, 0.4) is 0 Å². The van der Waals surface area contributed by atoms with Gasteiger partial charge in [-0.05, 0) is 31.7 Å². The number of morpholine rings is 1. The van der Waals surface area contributed by atoms with Crippen molar-refractivity contribution in [1.82, 2.24) is 10.6 Å². The average Bonchev–Trinajstić information content (AvgIpc) is 3.04. The van der Waals surface area contributed by atoms with Crippen LogP contribution in [0.5, 0.6) is 5.75 Å². The van der Waals surface area contributed by atoms with Gasteiger partial charge in [-0.3, -0.25) is 0 Å². The number of para-hydroxylation sites is 1. The quantitative estimate of drug-likeness (QED) is 0.846. The van der Waals surface area contributed by atoms with Crippen LogP contribution in [0.15, 0.2) is 24.3 Å². The Morgan fingerprint density at radius 1 is 1.32 bits per heavy atom. The number of hydrogen-bond acceptors (Lipinski definition) is 4. The second kappa shape index (κ2) is 7.95. The summed E-state index contributed by atoms with van der Waals surface area (Å²) < 4.78 is 11.4. The maximum absolute atomic E-state index is 5.72. The molecule has 0 aromatic heterocycles. The summed E-state index contributed by atoms with van der Waals surface area (Å²) in [6, 6.07) is 9.43. The lowest BCUT2D eigenvalue weighted by molar-refractivity contribution is 0.0524. The molecular weight excluding hydrogens is 276 g/mol. The van der Waals surface area contributed by atoms with E-state index in [0.717, 1.165) is 32.1 Å². The van der Waals surface area contributed by atoms with Crippen LogP contribution >= 0.6 is 0 Å². The number of nitrogens with one attached hydrogen (secondary N) is 2. The summed E-state index contributed by atoms with van der Waals surface area (Å²) in [5.74, 6) is 1.69. The zero-order valence-corrected chi connectivity index (χ0v) is 13.5. The highest BCUT2D eigenvalue weighted by molar-refractivity contribution is 5.33. The van der Waals surface area contributed by atoms with Crippen LogP contribution in [0.4, 0.5) is 0 Å². The minimum absolute atomic E-state index is 0.510. The Bertz CT molecular complexity index is 460. The number of hydrogen-bond donors (Lipinski definition) is 2. The third-order valence-corrected chi connectivity index (χ3v) is 4.86. The van der Waals surface area contributed by atoms with E-state index in [4.69, 9.17) is 9.47 Å². The molecule has 1 saturated carbocycles. The molecule has 0 radical (unpaired) electrons. The largest absolute Gasteiger partial charge is 0.494 e. The molecule has 1 aromatic carbocycles. The van der Waals surface area contributed by atoms with Crippen molar-refractivity contribution in [3.63, 3.8) is 0 Å². The molecular formula is C18H28N2O2. The lowest BCUT2D eigenvalue weighted by Gasteiger charge is -2.33. The lowest BCUT2D eigenvalue weighted by atomic mass is 9.94. The first kappa shape index (κ1) is 15.8. The van der Waals surface area contributed by atoms with Gasteiger partial charge in [0.2, 0.25) is 0 Å². The summed E-state index contributed by atoms with van der Waals surface area (Å²) in [4.78, 5) is 0. The van der Waals surface area contributed by atoms with Crippen LogP contribution in [0.2, 0.25) is 0 Å². The first-order valence-corrected chi connectivity index (χ1v) is 8.63. The molecule has 1 saturated heterocycles. The average molecular weight is 304 g/mol. The Balaban J connectivity index is 1.58. The maximum Gasteiger partial charge on any atom is 0.123 e. The van der Waals surface area contributed by atoms with Crippen molar-refractivity contribution in [3.8, 4) is 5.75 Å². The Hall–Kier alpha value is -1.10. The first-order chi connectivity index (χ1) is 10.9. The van der Waals surface area contributed by atoms with Gasteiger partial charge >= 0.3 is 0 Å². The van der Waals surface area contributed by atoms with Gasteiger partial charge in [0.15, 0.2) is 0 Å². The molecule has 0 bridgehead atoms. The molecule has 3 rings (SSSR count). The Morgan fingerprint density at radius 3 is 3.05 bits per heavy atom. The third kappa shape index (κ3) is 3.80. The van der Waals surface area contributed by atoms with Gasteiger partial charge in [-0.2, -0.15) is 0 Å². The fraction of sp³-hybridized carbons (Fsp3) is 0.667. The van der Waals surface area contributed by atoms with E-state index in [1.54, 1.807) is 0 Å². The van der Waals surface area contributed by atoms with Crippen LogP contribution in [0.1, 0.15) is 31.7 Å². The van der Waals surface area contributed by atoms with Crippen LogP contribution < -0.4 is 15.4 Å². The molecule has 3 atom stereocenters. The first-order valence-electron chi connectivity index (χ1n) is 8.63. The standard InChI is InChI=1S/C18H28N2O2/c1-2-22-18-9-4-3-6-14(18)12-20-16-8-5-7-15(16)17-13-21-11-10-19-17/h3-4,6,9,15-17,19-20H,2,5,7-8,10-13H2,1H3. The van der Waals surface area contributed by atoms with E-state index in [2.05, 4.69) is 28.8 Å². The van der Waals surface area contributed by atoms with Crippen molar-refractivity contribution in [2.45, 2.75) is 44.8 Å². The Morgan fingerprint density at radius 2 is 2.23 bits per heavy atom. The summed E-state index contributed by atoms with van der Waals surface area (Å²) in [5.41, 5.74) is 1.25. The second-order valence-corrected chi connectivity index (χ2v) is 6.26. The van der Waals surface area contributed by atoms with E-state index in [1.165, 1.54) is 24.8 Å². The lowest BCUT2D eigenvalue weighted by Crippen LogP contribution is -2.50. The second-order valence-electron chi connectivity index (χ2n) is 6.26. The highest BCUT2D eigenvalue weighted by Gasteiger charge is 2.34. The van der Waals surface area contributed by atoms with E-state index < -0.39 is 0 Å². The van der Waals surface area contributed by atoms with Crippen LogP contribution in [-0.2, 0) is 11.3 Å². The van der Waals surface area contributed by atoms with E-state index >= 15 is 0 Å². The van der Waals surface area contributed by atoms with Gasteiger partial charge in [0.1, 0.15) is 5.75 Å². The number of benzene rings is 1. The minimum Gasteiger partial charge on any atom is -0.494 e. The van der Waals surface area contributed by atoms with E-state index in [9.17, 15) is 0 Å². The number of rotatable bonds is 6. The molecule has 1 heterocycles. The zero-order chi connectivity index (χ0) is 15.2. The Kier molecular flexibility index (Phi) is 5.70. The van der Waals surface area contributed by atoms with Crippen LogP contribution in [-0.4, -0.2) is 38.4 Å². The van der Waals surface area contributed by atoms with E-state index in [1.807, 2.05) is 13.0 Å². The van der Waals surface area contributed by atoms with Gasteiger partial charge in [0.25, 0.3) is 0 Å². The highest BCUT2D eigenvalue weighted by atomic mass is 16.5. The normalized spacial score (nSPS) is 28.7. The zero-order valence-electron chi connectivity index (χ0n) is 13.5. The van der Waals surface area contributed by atoms with Gasteiger partial charge in [-0.1, -0.05) is 24.6 Å². The van der Waals surface area contributed by atoms with E-state index in [0.29, 0.717) is 24.6 Å². The smallest absolute Gasteiger partial charge is 0.123 e. The van der Waals surface area contributed by atoms with Gasteiger partial charge in [-0.25, -0.2) is 0 Å². The third-order valence-electron chi connectivity index (χ3n) is 4.86. The molecule has 1 aliphatic carbocycles. The summed E-state index contributed by atoms with van der Waals surface area (Å²) >= 11 is 0. The molecule has 2 N–H and O–H groups in total. The molecule has 122 valence electrons. The van der Waals surface area contributed by atoms with Crippen molar-refractivity contribution in [2.24, 2.45) is 5.92 Å². The molecule has 0 amide bonds. The predicted molar refractivity (Wildman–Crippen MR) is 88.2 cm³/mol. The van der Waals surface area contributed by atoms with Gasteiger partial charge in [0.05, 0.1) is 19.8 Å². The Labute approximate surface area is 133 Å². The van der Waals surface area contributed by atoms with Gasteiger partial charge < -0.3 is 20.1 Å². The molecule has 4 nitrogen and oxygen atoms in total. The summed E-state index contributed by atoms with van der Waals surface area (Å²) in [6.45, 7) is 6.33. The summed E-state index contributed by atoms with van der Waals surface area (Å²) in [7, 11) is 0. The molecule has 4 heteroatoms. The minimum atomic E-state index is 0.510. The topological polar surface area (TPSA) is 42.5 Å². The monoisotopic (exact) mass is 304 g/mol. The molecule has 1 aromatic rings. The van der Waals surface area contributed by atoms with Crippen molar-refractivity contribution in [3.05, 3.63) is 29.8 Å². The van der Waals surface area contributed by atoms with Crippen LogP contribution in [0.25, 0.3) is 0 Å².